The van der Waals surface area contributed by atoms with Crippen molar-refractivity contribution in [1.29, 1.82) is 0 Å². The summed E-state index contributed by atoms with van der Waals surface area (Å²) in [6.07, 6.45) is 1.75. The summed E-state index contributed by atoms with van der Waals surface area (Å²) in [6.45, 7) is 1.92. The highest BCUT2D eigenvalue weighted by Crippen LogP contribution is 2.28. The third-order valence-corrected chi connectivity index (χ3v) is 7.03. The first-order valence-electron chi connectivity index (χ1n) is 7.77. The van der Waals surface area contributed by atoms with Gasteiger partial charge < -0.3 is 10.4 Å². The normalized spacial score (nSPS) is 20.7. The Morgan fingerprint density at radius 2 is 1.96 bits per heavy atom. The maximum atomic E-state index is 12.3. The van der Waals surface area contributed by atoms with Crippen molar-refractivity contribution in [2.24, 2.45) is 0 Å². The first-order valence-corrected chi connectivity index (χ1v) is 10.6. The second kappa shape index (κ2) is 7.57. The van der Waals surface area contributed by atoms with E-state index in [1.165, 1.54) is 36.0 Å². The smallest absolute Gasteiger partial charge is 0.330 e. The molecule has 2 rings (SSSR count). The lowest BCUT2D eigenvalue weighted by Gasteiger charge is -2.24. The summed E-state index contributed by atoms with van der Waals surface area (Å²) < 4.78 is 24.2. The number of amides is 1. The SMILES string of the molecule is CCCCS(=O)(=O)c1ccc(C(=O)NC2(C(=O)O)CCSC2)cc1. The van der Waals surface area contributed by atoms with E-state index < -0.39 is 27.3 Å². The zero-order valence-corrected chi connectivity index (χ0v) is 15.1. The van der Waals surface area contributed by atoms with Crippen LogP contribution < -0.4 is 5.32 Å². The van der Waals surface area contributed by atoms with E-state index in [1.54, 1.807) is 0 Å². The number of hydrogen-bond donors (Lipinski definition) is 2. The van der Waals surface area contributed by atoms with E-state index in [0.29, 0.717) is 24.3 Å². The quantitative estimate of drug-likeness (QED) is 0.760. The Morgan fingerprint density at radius 1 is 1.29 bits per heavy atom. The van der Waals surface area contributed by atoms with Gasteiger partial charge in [-0.05, 0) is 42.9 Å². The predicted octanol–water partition coefficient (Wildman–Crippen LogP) is 1.95. The number of nitrogens with one attached hydrogen (secondary N) is 1. The molecule has 0 saturated carbocycles. The van der Waals surface area contributed by atoms with Gasteiger partial charge in [0.25, 0.3) is 5.91 Å². The molecule has 1 atom stereocenters. The summed E-state index contributed by atoms with van der Waals surface area (Å²) in [5.74, 6) is -0.454. The lowest BCUT2D eigenvalue weighted by Crippen LogP contribution is -2.54. The van der Waals surface area contributed by atoms with E-state index in [-0.39, 0.29) is 16.2 Å². The summed E-state index contributed by atoms with van der Waals surface area (Å²) in [6, 6.07) is 5.64. The zero-order valence-electron chi connectivity index (χ0n) is 13.4. The van der Waals surface area contributed by atoms with Crippen molar-refractivity contribution < 1.29 is 23.1 Å². The summed E-state index contributed by atoms with van der Waals surface area (Å²) in [5.41, 5.74) is -0.991. The number of benzene rings is 1. The molecule has 2 N–H and O–H groups in total. The lowest BCUT2D eigenvalue weighted by molar-refractivity contribution is -0.143. The standard InChI is InChI=1S/C16H21NO5S2/c1-2-3-10-24(21,22)13-6-4-12(5-7-13)14(18)17-16(15(19)20)8-9-23-11-16/h4-7H,2-3,8-11H2,1H3,(H,17,18)(H,19,20). The maximum Gasteiger partial charge on any atom is 0.330 e. The number of thioether (sulfide) groups is 1. The predicted molar refractivity (Wildman–Crippen MR) is 93.2 cm³/mol. The molecule has 1 unspecified atom stereocenters. The number of carboxylic acids is 1. The lowest BCUT2D eigenvalue weighted by atomic mass is 9.98. The van der Waals surface area contributed by atoms with Gasteiger partial charge in [-0.15, -0.1) is 0 Å². The van der Waals surface area contributed by atoms with Crippen LogP contribution in [0.5, 0.6) is 0 Å². The molecule has 0 spiro atoms. The van der Waals surface area contributed by atoms with Crippen LogP contribution in [-0.2, 0) is 14.6 Å². The Morgan fingerprint density at radius 3 is 2.46 bits per heavy atom. The average Bonchev–Trinajstić information content (AvgIpc) is 3.03. The Labute approximate surface area is 145 Å². The van der Waals surface area contributed by atoms with Gasteiger partial charge in [-0.2, -0.15) is 11.8 Å². The maximum absolute atomic E-state index is 12.3. The van der Waals surface area contributed by atoms with Crippen molar-refractivity contribution >= 4 is 33.5 Å². The molecule has 0 bridgehead atoms. The molecule has 1 aromatic rings. The van der Waals surface area contributed by atoms with Crippen LogP contribution in [0.15, 0.2) is 29.2 Å². The molecule has 1 saturated heterocycles. The van der Waals surface area contributed by atoms with Crippen LogP contribution in [0.1, 0.15) is 36.5 Å². The van der Waals surface area contributed by atoms with Gasteiger partial charge in [0.2, 0.25) is 0 Å². The van der Waals surface area contributed by atoms with Gasteiger partial charge in [0.15, 0.2) is 9.84 Å². The van der Waals surface area contributed by atoms with E-state index in [2.05, 4.69) is 5.32 Å². The fourth-order valence-corrected chi connectivity index (χ4v) is 5.22. The largest absolute Gasteiger partial charge is 0.479 e. The summed E-state index contributed by atoms with van der Waals surface area (Å²) in [4.78, 5) is 24.0. The minimum atomic E-state index is -3.34. The highest BCUT2D eigenvalue weighted by atomic mass is 32.2. The highest BCUT2D eigenvalue weighted by Gasteiger charge is 2.43. The Kier molecular flexibility index (Phi) is 5.92. The van der Waals surface area contributed by atoms with E-state index in [1.807, 2.05) is 6.92 Å². The summed E-state index contributed by atoms with van der Waals surface area (Å²) in [7, 11) is -3.34. The number of carbonyl (C=O) groups excluding carboxylic acids is 1. The van der Waals surface area contributed by atoms with Crippen molar-refractivity contribution in [3.63, 3.8) is 0 Å². The van der Waals surface area contributed by atoms with Gasteiger partial charge in [0.1, 0.15) is 5.54 Å². The average molecular weight is 371 g/mol. The monoisotopic (exact) mass is 371 g/mol. The van der Waals surface area contributed by atoms with Crippen LogP contribution in [0, 0.1) is 0 Å². The molecule has 132 valence electrons. The third-order valence-electron chi connectivity index (χ3n) is 4.03. The Bertz CT molecular complexity index is 706. The molecule has 1 aliphatic heterocycles. The molecule has 1 heterocycles. The molecule has 1 aliphatic rings. The number of carbonyl (C=O) groups is 2. The highest BCUT2D eigenvalue weighted by molar-refractivity contribution is 7.99. The van der Waals surface area contributed by atoms with Crippen LogP contribution in [-0.4, -0.2) is 48.2 Å². The topological polar surface area (TPSA) is 101 Å². The van der Waals surface area contributed by atoms with E-state index >= 15 is 0 Å². The molecule has 0 aliphatic carbocycles. The number of sulfone groups is 1. The van der Waals surface area contributed by atoms with Crippen LogP contribution in [0.3, 0.4) is 0 Å². The number of rotatable bonds is 7. The van der Waals surface area contributed by atoms with Gasteiger partial charge in [-0.25, -0.2) is 13.2 Å². The fourth-order valence-electron chi connectivity index (χ4n) is 2.44. The van der Waals surface area contributed by atoms with Gasteiger partial charge in [0, 0.05) is 11.3 Å². The minimum Gasteiger partial charge on any atom is -0.479 e. The van der Waals surface area contributed by atoms with Crippen molar-refractivity contribution in [1.82, 2.24) is 5.32 Å². The summed E-state index contributed by atoms with van der Waals surface area (Å²) >= 11 is 1.49. The zero-order chi connectivity index (χ0) is 17.8. The van der Waals surface area contributed by atoms with Gasteiger partial charge >= 0.3 is 5.97 Å². The number of carboxylic acid groups (broad SMARTS) is 1. The molecule has 1 amide bonds. The number of aliphatic carboxylic acids is 1. The number of hydrogen-bond acceptors (Lipinski definition) is 5. The molecule has 6 nitrogen and oxygen atoms in total. The molecule has 0 aromatic heterocycles. The van der Waals surface area contributed by atoms with Crippen molar-refractivity contribution in [3.05, 3.63) is 29.8 Å². The second-order valence-corrected chi connectivity index (χ2v) is 9.06. The van der Waals surface area contributed by atoms with Crippen LogP contribution in [0.4, 0.5) is 0 Å². The van der Waals surface area contributed by atoms with E-state index in [9.17, 15) is 23.1 Å². The fraction of sp³-hybridized carbons (Fsp3) is 0.500. The first kappa shape index (κ1) is 18.8. The second-order valence-electron chi connectivity index (χ2n) is 5.84. The number of unbranched alkanes of at least 4 members (excludes halogenated alkanes) is 1. The van der Waals surface area contributed by atoms with Crippen molar-refractivity contribution in [3.8, 4) is 0 Å². The van der Waals surface area contributed by atoms with Crippen LogP contribution in [0.2, 0.25) is 0 Å². The molecular weight excluding hydrogens is 350 g/mol. The van der Waals surface area contributed by atoms with Gasteiger partial charge in [-0.3, -0.25) is 4.79 Å². The Hall–Kier alpha value is -1.54. The molecule has 8 heteroatoms. The molecule has 24 heavy (non-hydrogen) atoms. The molecular formula is C16H21NO5S2. The van der Waals surface area contributed by atoms with E-state index in [4.69, 9.17) is 0 Å². The van der Waals surface area contributed by atoms with E-state index in [0.717, 1.165) is 6.42 Å². The van der Waals surface area contributed by atoms with Gasteiger partial charge in [-0.1, -0.05) is 13.3 Å². The molecule has 0 radical (unpaired) electrons. The molecule has 1 aromatic carbocycles. The summed E-state index contributed by atoms with van der Waals surface area (Å²) in [5, 5.41) is 12.0. The van der Waals surface area contributed by atoms with Crippen molar-refractivity contribution in [2.45, 2.75) is 36.6 Å². The van der Waals surface area contributed by atoms with Gasteiger partial charge in [0.05, 0.1) is 10.6 Å². The third kappa shape index (κ3) is 4.10. The van der Waals surface area contributed by atoms with Crippen LogP contribution >= 0.6 is 11.8 Å². The van der Waals surface area contributed by atoms with Crippen molar-refractivity contribution in [2.75, 3.05) is 17.3 Å². The van der Waals surface area contributed by atoms with Crippen LogP contribution in [0.25, 0.3) is 0 Å². The first-order chi connectivity index (χ1) is 11.3. The minimum absolute atomic E-state index is 0.0778. The molecule has 1 fully saturated rings. The Balaban J connectivity index is 2.13.